The second kappa shape index (κ2) is 5.67. The molecule has 0 spiro atoms. The minimum atomic E-state index is -3.55. The van der Waals surface area contributed by atoms with E-state index in [0.717, 1.165) is 28.6 Å². The third kappa shape index (κ3) is 2.54. The van der Waals surface area contributed by atoms with Crippen LogP contribution in [-0.2, 0) is 10.0 Å². The summed E-state index contributed by atoms with van der Waals surface area (Å²) in [4.78, 5) is 8.56. The van der Waals surface area contributed by atoms with E-state index in [1.807, 2.05) is 23.6 Å². The summed E-state index contributed by atoms with van der Waals surface area (Å²) in [5.41, 5.74) is 1.83. The van der Waals surface area contributed by atoms with Gasteiger partial charge in [-0.25, -0.2) is 8.42 Å². The van der Waals surface area contributed by atoms with E-state index in [1.54, 1.807) is 22.8 Å². The van der Waals surface area contributed by atoms with Crippen molar-refractivity contribution >= 4 is 31.6 Å². The Morgan fingerprint density at radius 2 is 2.04 bits per heavy atom. The molecule has 1 aliphatic heterocycles. The fourth-order valence-electron chi connectivity index (χ4n) is 3.05. The van der Waals surface area contributed by atoms with Gasteiger partial charge in [-0.15, -0.1) is 11.3 Å². The minimum absolute atomic E-state index is 0.123. The first-order chi connectivity index (χ1) is 11.2. The van der Waals surface area contributed by atoms with Gasteiger partial charge in [0.25, 0.3) is 0 Å². The van der Waals surface area contributed by atoms with E-state index in [0.29, 0.717) is 6.54 Å². The molecule has 4 rings (SSSR count). The molecule has 1 fully saturated rings. The lowest BCUT2D eigenvalue weighted by Crippen LogP contribution is -2.30. The van der Waals surface area contributed by atoms with Crippen molar-refractivity contribution in [3.63, 3.8) is 0 Å². The molecule has 3 aromatic rings. The number of sulfonamides is 1. The van der Waals surface area contributed by atoms with Crippen molar-refractivity contribution in [2.24, 2.45) is 0 Å². The van der Waals surface area contributed by atoms with Gasteiger partial charge in [-0.1, -0.05) is 0 Å². The molecule has 0 saturated carbocycles. The average Bonchev–Trinajstić information content (AvgIpc) is 3.24. The molecular formula is C16H15N3O2S2. The SMILES string of the molecule is O=S(=O)(c1cnc2ccsc2c1)N1CCC[C@@H]1c1ccncc1. The Bertz CT molecular complexity index is 938. The summed E-state index contributed by atoms with van der Waals surface area (Å²) >= 11 is 1.50. The first-order valence-electron chi connectivity index (χ1n) is 7.41. The summed E-state index contributed by atoms with van der Waals surface area (Å²) in [5.74, 6) is 0. The lowest BCUT2D eigenvalue weighted by atomic mass is 10.1. The van der Waals surface area contributed by atoms with Gasteiger partial charge in [0.15, 0.2) is 0 Å². The Hall–Kier alpha value is -1.83. The summed E-state index contributed by atoms with van der Waals surface area (Å²) in [5, 5.41) is 1.92. The molecule has 0 bridgehead atoms. The lowest BCUT2D eigenvalue weighted by Gasteiger charge is -2.24. The maximum Gasteiger partial charge on any atom is 0.245 e. The number of fused-ring (bicyclic) bond motifs is 1. The van der Waals surface area contributed by atoms with Gasteiger partial charge in [-0.3, -0.25) is 9.97 Å². The van der Waals surface area contributed by atoms with Crippen LogP contribution in [0, 0.1) is 0 Å². The van der Waals surface area contributed by atoms with Gasteiger partial charge in [0.2, 0.25) is 10.0 Å². The van der Waals surface area contributed by atoms with Gasteiger partial charge in [0.05, 0.1) is 16.3 Å². The molecule has 0 aliphatic carbocycles. The van der Waals surface area contributed by atoms with Crippen LogP contribution in [0.2, 0.25) is 0 Å². The maximum absolute atomic E-state index is 13.1. The number of aromatic nitrogens is 2. The molecule has 23 heavy (non-hydrogen) atoms. The Labute approximate surface area is 138 Å². The highest BCUT2D eigenvalue weighted by molar-refractivity contribution is 7.89. The normalized spacial score (nSPS) is 19.4. The first-order valence-corrected chi connectivity index (χ1v) is 9.73. The highest BCUT2D eigenvalue weighted by Gasteiger charge is 2.36. The molecule has 1 saturated heterocycles. The molecule has 4 heterocycles. The molecule has 0 amide bonds. The molecule has 3 aromatic heterocycles. The quantitative estimate of drug-likeness (QED) is 0.731. The van der Waals surface area contributed by atoms with E-state index in [-0.39, 0.29) is 10.9 Å². The predicted molar refractivity (Wildman–Crippen MR) is 89.7 cm³/mol. The monoisotopic (exact) mass is 345 g/mol. The second-order valence-electron chi connectivity index (χ2n) is 5.53. The van der Waals surface area contributed by atoms with E-state index in [1.165, 1.54) is 17.5 Å². The molecule has 0 N–H and O–H groups in total. The smallest absolute Gasteiger partial charge is 0.245 e. The Kier molecular flexibility index (Phi) is 3.63. The van der Waals surface area contributed by atoms with Crippen LogP contribution in [-0.4, -0.2) is 29.2 Å². The number of hydrogen-bond acceptors (Lipinski definition) is 5. The molecule has 0 radical (unpaired) electrons. The Balaban J connectivity index is 1.75. The van der Waals surface area contributed by atoms with Gasteiger partial charge < -0.3 is 0 Å². The van der Waals surface area contributed by atoms with Crippen molar-refractivity contribution in [2.75, 3.05) is 6.54 Å². The lowest BCUT2D eigenvalue weighted by molar-refractivity contribution is 0.396. The fraction of sp³-hybridized carbons (Fsp3) is 0.250. The predicted octanol–water partition coefficient (Wildman–Crippen LogP) is 3.22. The average molecular weight is 345 g/mol. The van der Waals surface area contributed by atoms with E-state index >= 15 is 0 Å². The van der Waals surface area contributed by atoms with Crippen LogP contribution in [0.4, 0.5) is 0 Å². The molecule has 5 nitrogen and oxygen atoms in total. The highest BCUT2D eigenvalue weighted by atomic mass is 32.2. The van der Waals surface area contributed by atoms with Crippen molar-refractivity contribution in [1.82, 2.24) is 14.3 Å². The van der Waals surface area contributed by atoms with Crippen LogP contribution in [0.25, 0.3) is 10.2 Å². The summed E-state index contributed by atoms with van der Waals surface area (Å²) in [6.45, 7) is 0.539. The van der Waals surface area contributed by atoms with E-state index in [4.69, 9.17) is 0 Å². The van der Waals surface area contributed by atoms with Crippen LogP contribution in [0.15, 0.2) is 53.1 Å². The van der Waals surface area contributed by atoms with Gasteiger partial charge >= 0.3 is 0 Å². The summed E-state index contributed by atoms with van der Waals surface area (Å²) in [6, 6.07) is 7.27. The van der Waals surface area contributed by atoms with Gasteiger partial charge in [0.1, 0.15) is 4.90 Å². The van der Waals surface area contributed by atoms with Crippen LogP contribution in [0.3, 0.4) is 0 Å². The summed E-state index contributed by atoms with van der Waals surface area (Å²) < 4.78 is 28.6. The van der Waals surface area contributed by atoms with Crippen molar-refractivity contribution in [3.05, 3.63) is 53.8 Å². The zero-order chi connectivity index (χ0) is 15.9. The standard InChI is InChI=1S/C16H15N3O2S2/c20-23(21,13-10-16-14(18-11-13)5-9-22-16)19-8-1-2-15(19)12-3-6-17-7-4-12/h3-7,9-11,15H,1-2,8H2/t15-/m1/s1. The molecule has 0 unspecified atom stereocenters. The Morgan fingerprint density at radius 3 is 2.87 bits per heavy atom. The maximum atomic E-state index is 13.1. The zero-order valence-corrected chi connectivity index (χ0v) is 13.9. The molecular weight excluding hydrogens is 330 g/mol. The van der Waals surface area contributed by atoms with Gasteiger partial charge in [0, 0.05) is 25.1 Å². The van der Waals surface area contributed by atoms with Crippen LogP contribution < -0.4 is 0 Å². The molecule has 0 aromatic carbocycles. The largest absolute Gasteiger partial charge is 0.265 e. The Morgan fingerprint density at radius 1 is 1.22 bits per heavy atom. The van der Waals surface area contributed by atoms with Crippen molar-refractivity contribution in [2.45, 2.75) is 23.8 Å². The molecule has 1 aliphatic rings. The third-order valence-electron chi connectivity index (χ3n) is 4.18. The van der Waals surface area contributed by atoms with Gasteiger partial charge in [-0.05, 0) is 48.1 Å². The molecule has 118 valence electrons. The van der Waals surface area contributed by atoms with Crippen molar-refractivity contribution in [3.8, 4) is 0 Å². The van der Waals surface area contributed by atoms with Crippen LogP contribution in [0.5, 0.6) is 0 Å². The third-order valence-corrected chi connectivity index (χ3v) is 6.91. The highest BCUT2D eigenvalue weighted by Crippen LogP contribution is 2.36. The number of hydrogen-bond donors (Lipinski definition) is 0. The number of nitrogens with zero attached hydrogens (tertiary/aromatic N) is 3. The van der Waals surface area contributed by atoms with Crippen LogP contribution in [0.1, 0.15) is 24.4 Å². The zero-order valence-electron chi connectivity index (χ0n) is 12.3. The summed E-state index contributed by atoms with van der Waals surface area (Å²) in [7, 11) is -3.55. The molecule has 1 atom stereocenters. The minimum Gasteiger partial charge on any atom is -0.265 e. The van der Waals surface area contributed by atoms with Crippen LogP contribution >= 0.6 is 11.3 Å². The number of pyridine rings is 2. The second-order valence-corrected chi connectivity index (χ2v) is 8.37. The van der Waals surface area contributed by atoms with E-state index in [2.05, 4.69) is 9.97 Å². The topological polar surface area (TPSA) is 63.2 Å². The number of rotatable bonds is 3. The van der Waals surface area contributed by atoms with E-state index < -0.39 is 10.0 Å². The fourth-order valence-corrected chi connectivity index (χ4v) is 5.56. The summed E-state index contributed by atoms with van der Waals surface area (Å²) in [6.07, 6.45) is 6.57. The van der Waals surface area contributed by atoms with Crippen molar-refractivity contribution in [1.29, 1.82) is 0 Å². The van der Waals surface area contributed by atoms with Crippen molar-refractivity contribution < 1.29 is 8.42 Å². The van der Waals surface area contributed by atoms with Gasteiger partial charge in [-0.2, -0.15) is 4.31 Å². The molecule has 7 heteroatoms. The first kappa shape index (κ1) is 14.7. The number of thiophene rings is 1. The van der Waals surface area contributed by atoms with E-state index in [9.17, 15) is 8.42 Å².